The minimum atomic E-state index is -0.355. The molecule has 0 N–H and O–H groups in total. The van der Waals surface area contributed by atoms with E-state index in [4.69, 9.17) is 0 Å². The van der Waals surface area contributed by atoms with Crippen molar-refractivity contribution in [2.24, 2.45) is 5.41 Å². The van der Waals surface area contributed by atoms with E-state index in [1.807, 2.05) is 60.9 Å². The number of nitrogens with zero attached hydrogens (tertiary/aromatic N) is 3. The molecular weight excluding hydrogens is 326 g/mol. The molecule has 1 aromatic carbocycles. The predicted octanol–water partition coefficient (Wildman–Crippen LogP) is 2.54. The topological polar surface area (TPSA) is 43.9 Å². The van der Waals surface area contributed by atoms with Crippen molar-refractivity contribution in [1.82, 2.24) is 14.7 Å². The van der Waals surface area contributed by atoms with Crippen LogP contribution < -0.4 is 0 Å². The molecule has 2 amide bonds. The monoisotopic (exact) mass is 357 g/mol. The summed E-state index contributed by atoms with van der Waals surface area (Å²) >= 11 is 0. The number of hydrogen-bond acceptors (Lipinski definition) is 3. The molecule has 5 heteroatoms. The second kappa shape index (κ2) is 7.78. The van der Waals surface area contributed by atoms with Gasteiger partial charge in [0, 0.05) is 44.7 Å². The van der Waals surface area contributed by atoms with Crippen molar-refractivity contribution in [3.05, 3.63) is 35.9 Å². The number of piperazine rings is 1. The van der Waals surface area contributed by atoms with E-state index in [0.29, 0.717) is 13.1 Å². The van der Waals surface area contributed by atoms with Crippen LogP contribution in [0, 0.1) is 5.41 Å². The highest BCUT2D eigenvalue weighted by Crippen LogP contribution is 2.27. The van der Waals surface area contributed by atoms with Crippen molar-refractivity contribution in [3.63, 3.8) is 0 Å². The maximum Gasteiger partial charge on any atom is 0.244 e. The van der Waals surface area contributed by atoms with Crippen LogP contribution in [0.1, 0.15) is 45.2 Å². The molecule has 0 aliphatic carbocycles. The Morgan fingerprint density at radius 2 is 1.42 bits per heavy atom. The lowest BCUT2D eigenvalue weighted by Crippen LogP contribution is -2.54. The molecule has 2 aliphatic rings. The number of likely N-dealkylation sites (tertiary alicyclic amines) is 1. The Morgan fingerprint density at radius 3 is 1.96 bits per heavy atom. The van der Waals surface area contributed by atoms with E-state index in [2.05, 4.69) is 4.90 Å². The van der Waals surface area contributed by atoms with Gasteiger partial charge in [-0.05, 0) is 18.4 Å². The first-order valence-corrected chi connectivity index (χ1v) is 9.75. The van der Waals surface area contributed by atoms with E-state index in [0.717, 1.165) is 44.6 Å². The van der Waals surface area contributed by atoms with Crippen LogP contribution in [0.15, 0.2) is 30.3 Å². The van der Waals surface area contributed by atoms with Gasteiger partial charge in [-0.1, -0.05) is 51.1 Å². The van der Waals surface area contributed by atoms with Crippen molar-refractivity contribution in [2.75, 3.05) is 39.3 Å². The van der Waals surface area contributed by atoms with Crippen molar-refractivity contribution in [2.45, 2.75) is 39.7 Å². The largest absolute Gasteiger partial charge is 0.341 e. The minimum Gasteiger partial charge on any atom is -0.341 e. The fourth-order valence-corrected chi connectivity index (χ4v) is 3.91. The van der Waals surface area contributed by atoms with Gasteiger partial charge < -0.3 is 9.80 Å². The number of amides is 2. The third kappa shape index (κ3) is 4.09. The highest BCUT2D eigenvalue weighted by atomic mass is 16.2. The van der Waals surface area contributed by atoms with Gasteiger partial charge in [0.05, 0.1) is 0 Å². The molecule has 1 unspecified atom stereocenters. The molecule has 1 aromatic rings. The van der Waals surface area contributed by atoms with Crippen molar-refractivity contribution >= 4 is 11.8 Å². The van der Waals surface area contributed by atoms with E-state index in [9.17, 15) is 9.59 Å². The third-order valence-corrected chi connectivity index (χ3v) is 5.38. The first kappa shape index (κ1) is 18.9. The summed E-state index contributed by atoms with van der Waals surface area (Å²) in [6, 6.07) is 9.84. The van der Waals surface area contributed by atoms with E-state index >= 15 is 0 Å². The molecule has 26 heavy (non-hydrogen) atoms. The van der Waals surface area contributed by atoms with Crippen molar-refractivity contribution in [3.8, 4) is 0 Å². The molecule has 0 aromatic heterocycles. The van der Waals surface area contributed by atoms with E-state index < -0.39 is 0 Å². The smallest absolute Gasteiger partial charge is 0.244 e. The van der Waals surface area contributed by atoms with E-state index in [1.165, 1.54) is 0 Å². The quantitative estimate of drug-likeness (QED) is 0.835. The summed E-state index contributed by atoms with van der Waals surface area (Å²) in [7, 11) is 0. The van der Waals surface area contributed by atoms with Crippen LogP contribution in [0.5, 0.6) is 0 Å². The first-order chi connectivity index (χ1) is 12.4. The SMILES string of the molecule is CC(C)(C)C(=O)N1CCN(C(C(=O)N2CCCC2)c2ccccc2)CC1. The van der Waals surface area contributed by atoms with Crippen LogP contribution in [-0.2, 0) is 9.59 Å². The molecule has 1 atom stereocenters. The zero-order valence-electron chi connectivity index (χ0n) is 16.3. The Labute approximate surface area is 156 Å². The summed E-state index contributed by atoms with van der Waals surface area (Å²) in [6.07, 6.45) is 2.20. The first-order valence-electron chi connectivity index (χ1n) is 9.75. The normalized spacial score (nSPS) is 20.3. The molecule has 5 nitrogen and oxygen atoms in total. The van der Waals surface area contributed by atoms with Gasteiger partial charge in [0.1, 0.15) is 6.04 Å². The number of benzene rings is 1. The van der Waals surface area contributed by atoms with Gasteiger partial charge in [-0.15, -0.1) is 0 Å². The van der Waals surface area contributed by atoms with Gasteiger partial charge in [-0.3, -0.25) is 14.5 Å². The number of carbonyl (C=O) groups is 2. The molecule has 0 radical (unpaired) electrons. The fraction of sp³-hybridized carbons (Fsp3) is 0.619. The highest BCUT2D eigenvalue weighted by molar-refractivity contribution is 5.84. The Kier molecular flexibility index (Phi) is 5.66. The van der Waals surface area contributed by atoms with Crippen molar-refractivity contribution < 1.29 is 9.59 Å². The molecule has 0 spiro atoms. The van der Waals surface area contributed by atoms with Gasteiger partial charge in [-0.2, -0.15) is 0 Å². The second-order valence-corrected chi connectivity index (χ2v) is 8.42. The standard InChI is InChI=1S/C21H31N3O2/c1-21(2,3)20(26)24-15-13-22(14-16-24)18(17-9-5-4-6-10-17)19(25)23-11-7-8-12-23/h4-6,9-10,18H,7-8,11-16H2,1-3H3. The van der Waals surface area contributed by atoms with Crippen LogP contribution in [0.2, 0.25) is 0 Å². The summed E-state index contributed by atoms with van der Waals surface area (Å²) in [5.41, 5.74) is 0.701. The maximum absolute atomic E-state index is 13.2. The third-order valence-electron chi connectivity index (χ3n) is 5.38. The molecule has 0 bridgehead atoms. The fourth-order valence-electron chi connectivity index (χ4n) is 3.91. The summed E-state index contributed by atoms with van der Waals surface area (Å²) in [5.74, 6) is 0.406. The molecule has 2 aliphatic heterocycles. The highest BCUT2D eigenvalue weighted by Gasteiger charge is 2.36. The maximum atomic E-state index is 13.2. The zero-order valence-corrected chi connectivity index (χ0v) is 16.3. The number of hydrogen-bond donors (Lipinski definition) is 0. The molecule has 142 valence electrons. The zero-order chi connectivity index (χ0) is 18.7. The van der Waals surface area contributed by atoms with Crippen LogP contribution in [0.4, 0.5) is 0 Å². The van der Waals surface area contributed by atoms with Crippen LogP contribution in [0.3, 0.4) is 0 Å². The van der Waals surface area contributed by atoms with Crippen molar-refractivity contribution in [1.29, 1.82) is 0 Å². The Bertz CT molecular complexity index is 624. The summed E-state index contributed by atoms with van der Waals surface area (Å²) < 4.78 is 0. The lowest BCUT2D eigenvalue weighted by atomic mass is 9.94. The van der Waals surface area contributed by atoms with Gasteiger partial charge in [0.25, 0.3) is 0 Å². The van der Waals surface area contributed by atoms with Crippen LogP contribution >= 0.6 is 0 Å². The number of carbonyl (C=O) groups excluding carboxylic acids is 2. The average molecular weight is 357 g/mol. The van der Waals surface area contributed by atoms with Gasteiger partial charge >= 0.3 is 0 Å². The second-order valence-electron chi connectivity index (χ2n) is 8.42. The Morgan fingerprint density at radius 1 is 0.846 bits per heavy atom. The minimum absolute atomic E-state index is 0.194. The molecular formula is C21H31N3O2. The predicted molar refractivity (Wildman–Crippen MR) is 103 cm³/mol. The summed E-state index contributed by atoms with van der Waals surface area (Å²) in [5, 5.41) is 0. The number of rotatable bonds is 3. The van der Waals surface area contributed by atoms with E-state index in [-0.39, 0.29) is 23.3 Å². The average Bonchev–Trinajstić information content (AvgIpc) is 3.17. The Hall–Kier alpha value is -1.88. The molecule has 2 saturated heterocycles. The van der Waals surface area contributed by atoms with E-state index in [1.54, 1.807) is 0 Å². The van der Waals surface area contributed by atoms with Gasteiger partial charge in [-0.25, -0.2) is 0 Å². The lowest BCUT2D eigenvalue weighted by molar-refractivity contribution is -0.143. The van der Waals surface area contributed by atoms with Crippen LogP contribution in [-0.4, -0.2) is 65.8 Å². The molecule has 0 saturated carbocycles. The molecule has 2 fully saturated rings. The van der Waals surface area contributed by atoms with Gasteiger partial charge in [0.2, 0.25) is 11.8 Å². The van der Waals surface area contributed by atoms with Crippen LogP contribution in [0.25, 0.3) is 0 Å². The van der Waals surface area contributed by atoms with Gasteiger partial charge in [0.15, 0.2) is 0 Å². The molecule has 3 rings (SSSR count). The Balaban J connectivity index is 1.74. The lowest BCUT2D eigenvalue weighted by Gasteiger charge is -2.41. The molecule has 2 heterocycles. The summed E-state index contributed by atoms with van der Waals surface area (Å²) in [4.78, 5) is 32.0. The summed E-state index contributed by atoms with van der Waals surface area (Å²) in [6.45, 7) is 10.5.